The number of hydrogen-bond acceptors (Lipinski definition) is 3. The number of nitrogens with zero attached hydrogens (tertiary/aromatic N) is 1. The second-order valence-electron chi connectivity index (χ2n) is 8.58. The number of ether oxygens (including phenoxy) is 1. The van der Waals surface area contributed by atoms with Gasteiger partial charge >= 0.3 is 0 Å². The van der Waals surface area contributed by atoms with Crippen LogP contribution in [-0.2, 0) is 11.2 Å². The van der Waals surface area contributed by atoms with Gasteiger partial charge in [-0.1, -0.05) is 43.5 Å². The molecule has 1 saturated carbocycles. The van der Waals surface area contributed by atoms with E-state index < -0.39 is 0 Å². The summed E-state index contributed by atoms with van der Waals surface area (Å²) >= 11 is 0. The molecule has 0 bridgehead atoms. The maximum atomic E-state index is 6.25. The first-order chi connectivity index (χ1) is 12.5. The fraction of sp³-hybridized carbons (Fsp3) is 0.565. The lowest BCUT2D eigenvalue weighted by Crippen LogP contribution is -2.40. The molecule has 1 aromatic rings. The summed E-state index contributed by atoms with van der Waals surface area (Å²) in [6.07, 6.45) is 12.2. The largest absolute Gasteiger partial charge is 0.469 e. The van der Waals surface area contributed by atoms with E-state index in [0.717, 1.165) is 18.8 Å². The fourth-order valence-corrected chi connectivity index (χ4v) is 4.68. The Balaban J connectivity index is 1.57. The molecule has 0 saturated heterocycles. The number of fused-ring (bicyclic) bond motifs is 1. The molecule has 2 heterocycles. The van der Waals surface area contributed by atoms with Crippen molar-refractivity contribution < 1.29 is 4.74 Å². The molecule has 3 aliphatic rings. The fourth-order valence-electron chi connectivity index (χ4n) is 4.68. The average molecular weight is 353 g/mol. The topological polar surface area (TPSA) is 24.5 Å². The summed E-state index contributed by atoms with van der Waals surface area (Å²) in [5.74, 6) is 0.949. The highest BCUT2D eigenvalue weighted by molar-refractivity contribution is 5.36. The minimum atomic E-state index is -0.280. The first-order valence-corrected chi connectivity index (χ1v) is 10.3. The Morgan fingerprint density at radius 3 is 2.69 bits per heavy atom. The predicted octanol–water partition coefficient (Wildman–Crippen LogP) is 5.06. The second kappa shape index (κ2) is 7.02. The quantitative estimate of drug-likeness (QED) is 0.823. The second-order valence-corrected chi connectivity index (χ2v) is 8.58. The van der Waals surface area contributed by atoms with Gasteiger partial charge in [0.15, 0.2) is 5.88 Å². The average Bonchev–Trinajstić information content (AvgIpc) is 2.62. The Morgan fingerprint density at radius 1 is 1.12 bits per heavy atom. The Bertz CT molecular complexity index is 713. The molecule has 1 atom stereocenters. The molecule has 1 aliphatic carbocycles. The molecule has 0 radical (unpaired) electrons. The summed E-state index contributed by atoms with van der Waals surface area (Å²) < 4.78 is 6.25. The standard InChI is InChI=1S/C23H32N2O/c1-17-21-12-8-7-9-18(21)13-14-25(17)20-15-22(26-23(2,3)16-20)24-19-10-5-4-6-11-19/h7-9,12,15-17,19,24H,4-6,10-11,13-14H2,1-3H3. The molecule has 0 aromatic heterocycles. The summed E-state index contributed by atoms with van der Waals surface area (Å²) in [5, 5.41) is 3.69. The van der Waals surface area contributed by atoms with Crippen molar-refractivity contribution in [3.63, 3.8) is 0 Å². The van der Waals surface area contributed by atoms with E-state index in [1.165, 1.54) is 48.9 Å². The van der Waals surface area contributed by atoms with Gasteiger partial charge in [-0.2, -0.15) is 0 Å². The van der Waals surface area contributed by atoms with Crippen LogP contribution in [-0.4, -0.2) is 23.1 Å². The van der Waals surface area contributed by atoms with Gasteiger partial charge in [0.2, 0.25) is 0 Å². The van der Waals surface area contributed by atoms with Crippen molar-refractivity contribution >= 4 is 0 Å². The van der Waals surface area contributed by atoms with Gasteiger partial charge in [0, 0.05) is 24.4 Å². The number of nitrogens with one attached hydrogen (secondary N) is 1. The highest BCUT2D eigenvalue weighted by Crippen LogP contribution is 2.35. The molecule has 3 heteroatoms. The molecule has 140 valence electrons. The first-order valence-electron chi connectivity index (χ1n) is 10.3. The molecule has 1 fully saturated rings. The van der Waals surface area contributed by atoms with Gasteiger partial charge in [0.25, 0.3) is 0 Å². The van der Waals surface area contributed by atoms with E-state index in [1.54, 1.807) is 0 Å². The van der Waals surface area contributed by atoms with E-state index >= 15 is 0 Å². The van der Waals surface area contributed by atoms with Crippen molar-refractivity contribution in [2.75, 3.05) is 6.54 Å². The van der Waals surface area contributed by atoms with Crippen LogP contribution in [0.15, 0.2) is 48.0 Å². The normalized spacial score (nSPS) is 25.7. The Morgan fingerprint density at radius 2 is 1.88 bits per heavy atom. The maximum absolute atomic E-state index is 6.25. The van der Waals surface area contributed by atoms with Crippen molar-refractivity contribution in [3.8, 4) is 0 Å². The zero-order valence-corrected chi connectivity index (χ0v) is 16.4. The van der Waals surface area contributed by atoms with E-state index in [2.05, 4.69) is 67.4 Å². The molecular weight excluding hydrogens is 320 g/mol. The minimum Gasteiger partial charge on any atom is -0.469 e. The van der Waals surface area contributed by atoms with Gasteiger partial charge in [-0.05, 0) is 57.2 Å². The van der Waals surface area contributed by atoms with E-state index in [0.29, 0.717) is 12.1 Å². The van der Waals surface area contributed by atoms with Crippen molar-refractivity contribution in [2.45, 2.75) is 77.0 Å². The zero-order valence-electron chi connectivity index (χ0n) is 16.4. The molecule has 0 amide bonds. The van der Waals surface area contributed by atoms with E-state index in [4.69, 9.17) is 4.74 Å². The van der Waals surface area contributed by atoms with Crippen LogP contribution in [0.3, 0.4) is 0 Å². The first kappa shape index (κ1) is 17.5. The summed E-state index contributed by atoms with van der Waals surface area (Å²) in [6.45, 7) is 7.70. The van der Waals surface area contributed by atoms with E-state index in [1.807, 2.05) is 0 Å². The molecule has 3 nitrogen and oxygen atoms in total. The van der Waals surface area contributed by atoms with E-state index in [-0.39, 0.29) is 5.60 Å². The molecular formula is C23H32N2O. The smallest absolute Gasteiger partial charge is 0.189 e. The van der Waals surface area contributed by atoms with Crippen LogP contribution >= 0.6 is 0 Å². The minimum absolute atomic E-state index is 0.280. The summed E-state index contributed by atoms with van der Waals surface area (Å²) in [6, 6.07) is 9.83. The number of allylic oxidation sites excluding steroid dienone is 1. The third-order valence-electron chi connectivity index (χ3n) is 6.03. The SMILES string of the molecule is CC1c2ccccc2CCN1C1=CC(C)(C)OC(NC2CCCCC2)=C1. The lowest BCUT2D eigenvalue weighted by atomic mass is 9.92. The van der Waals surface area contributed by atoms with Crippen LogP contribution in [0.2, 0.25) is 0 Å². The summed E-state index contributed by atoms with van der Waals surface area (Å²) in [5.41, 5.74) is 3.96. The van der Waals surface area contributed by atoms with Crippen LogP contribution in [0.25, 0.3) is 0 Å². The monoisotopic (exact) mass is 352 g/mol. The Labute approximate surface area is 158 Å². The molecule has 1 unspecified atom stereocenters. The molecule has 4 rings (SSSR count). The van der Waals surface area contributed by atoms with Gasteiger partial charge in [0.1, 0.15) is 5.60 Å². The van der Waals surface area contributed by atoms with Crippen LogP contribution in [0.4, 0.5) is 0 Å². The molecule has 1 N–H and O–H groups in total. The highest BCUT2D eigenvalue weighted by Gasteiger charge is 2.31. The summed E-state index contributed by atoms with van der Waals surface area (Å²) in [4.78, 5) is 2.54. The van der Waals surface area contributed by atoms with E-state index in [9.17, 15) is 0 Å². The van der Waals surface area contributed by atoms with Crippen molar-refractivity contribution in [3.05, 3.63) is 59.1 Å². The van der Waals surface area contributed by atoms with Gasteiger partial charge in [-0.3, -0.25) is 0 Å². The zero-order chi connectivity index (χ0) is 18.1. The number of hydrogen-bond donors (Lipinski definition) is 1. The number of benzene rings is 1. The maximum Gasteiger partial charge on any atom is 0.189 e. The van der Waals surface area contributed by atoms with Crippen molar-refractivity contribution in [1.29, 1.82) is 0 Å². The summed E-state index contributed by atoms with van der Waals surface area (Å²) in [7, 11) is 0. The van der Waals surface area contributed by atoms with Crippen LogP contribution in [0.5, 0.6) is 0 Å². The highest BCUT2D eigenvalue weighted by atomic mass is 16.5. The molecule has 26 heavy (non-hydrogen) atoms. The Hall–Kier alpha value is -1.90. The van der Waals surface area contributed by atoms with Crippen LogP contribution < -0.4 is 5.32 Å². The predicted molar refractivity (Wildman–Crippen MR) is 107 cm³/mol. The van der Waals surface area contributed by atoms with Crippen LogP contribution in [0.1, 0.15) is 70.0 Å². The Kier molecular flexibility index (Phi) is 4.73. The van der Waals surface area contributed by atoms with Crippen molar-refractivity contribution in [1.82, 2.24) is 10.2 Å². The van der Waals surface area contributed by atoms with Gasteiger partial charge in [-0.25, -0.2) is 0 Å². The molecule has 1 aromatic carbocycles. The van der Waals surface area contributed by atoms with Gasteiger partial charge in [-0.15, -0.1) is 0 Å². The third kappa shape index (κ3) is 3.62. The lowest BCUT2D eigenvalue weighted by Gasteiger charge is -2.41. The van der Waals surface area contributed by atoms with Gasteiger partial charge in [0.05, 0.1) is 6.04 Å². The molecule has 2 aliphatic heterocycles. The van der Waals surface area contributed by atoms with Gasteiger partial charge < -0.3 is 15.0 Å². The third-order valence-corrected chi connectivity index (χ3v) is 6.03. The lowest BCUT2D eigenvalue weighted by molar-refractivity contribution is 0.0504. The van der Waals surface area contributed by atoms with Crippen molar-refractivity contribution in [2.24, 2.45) is 0 Å². The van der Waals surface area contributed by atoms with Crippen LogP contribution in [0, 0.1) is 0 Å². The molecule has 0 spiro atoms. The number of rotatable bonds is 3.